The molecule has 1 aromatic rings. The quantitative estimate of drug-likeness (QED) is 0.740. The highest BCUT2D eigenvalue weighted by Crippen LogP contribution is 2.15. The summed E-state index contributed by atoms with van der Waals surface area (Å²) in [4.78, 5) is 0. The van der Waals surface area contributed by atoms with Crippen LogP contribution in [0.4, 0.5) is 10.1 Å². The van der Waals surface area contributed by atoms with E-state index >= 15 is 0 Å². The lowest BCUT2D eigenvalue weighted by Gasteiger charge is -2.05. The zero-order valence-electron chi connectivity index (χ0n) is 7.42. The first-order valence-corrected chi connectivity index (χ1v) is 4.08. The molecule has 3 nitrogen and oxygen atoms in total. The second kappa shape index (κ2) is 4.84. The predicted octanol–water partition coefficient (Wildman–Crippen LogP) is 2.02. The fourth-order valence-electron chi connectivity index (χ4n) is 1.02. The van der Waals surface area contributed by atoms with E-state index in [1.54, 1.807) is 0 Å². The number of rotatable bonds is 3. The van der Waals surface area contributed by atoms with Crippen LogP contribution in [-0.4, -0.2) is 6.54 Å². The van der Waals surface area contributed by atoms with Crippen LogP contribution in [-0.2, 0) is 0 Å². The van der Waals surface area contributed by atoms with E-state index in [0.717, 1.165) is 6.07 Å². The van der Waals surface area contributed by atoms with Crippen LogP contribution in [0.2, 0.25) is 0 Å². The number of hydrogen-bond acceptors (Lipinski definition) is 3. The van der Waals surface area contributed by atoms with Crippen molar-refractivity contribution in [3.63, 3.8) is 0 Å². The van der Waals surface area contributed by atoms with Gasteiger partial charge in [-0.1, -0.05) is 0 Å². The molecule has 14 heavy (non-hydrogen) atoms. The normalized spacial score (nSPS) is 8.79. The molecular weight excluding hydrogens is 181 g/mol. The third-order valence-corrected chi connectivity index (χ3v) is 1.65. The molecule has 0 heterocycles. The molecule has 0 atom stereocenters. The topological polar surface area (TPSA) is 59.6 Å². The molecule has 1 rings (SSSR count). The molecule has 0 radical (unpaired) electrons. The average Bonchev–Trinajstić information content (AvgIpc) is 2.20. The maximum Gasteiger partial charge on any atom is 0.124 e. The molecule has 0 amide bonds. The average molecular weight is 189 g/mol. The zero-order valence-corrected chi connectivity index (χ0v) is 7.42. The van der Waals surface area contributed by atoms with Crippen LogP contribution in [0.25, 0.3) is 0 Å². The van der Waals surface area contributed by atoms with Gasteiger partial charge in [-0.25, -0.2) is 4.39 Å². The van der Waals surface area contributed by atoms with E-state index in [2.05, 4.69) is 5.32 Å². The molecule has 0 aliphatic heterocycles. The number of nitrogens with one attached hydrogen (secondary N) is 1. The maximum absolute atomic E-state index is 12.7. The molecule has 1 aromatic carbocycles. The van der Waals surface area contributed by atoms with Crippen molar-refractivity contribution in [1.29, 1.82) is 10.5 Å². The van der Waals surface area contributed by atoms with E-state index < -0.39 is 5.82 Å². The Kier molecular flexibility index (Phi) is 3.46. The largest absolute Gasteiger partial charge is 0.383 e. The van der Waals surface area contributed by atoms with Gasteiger partial charge in [0.25, 0.3) is 0 Å². The monoisotopic (exact) mass is 189 g/mol. The van der Waals surface area contributed by atoms with E-state index in [9.17, 15) is 4.39 Å². The molecule has 0 unspecified atom stereocenters. The van der Waals surface area contributed by atoms with Gasteiger partial charge in [0.2, 0.25) is 0 Å². The zero-order chi connectivity index (χ0) is 10.4. The third-order valence-electron chi connectivity index (χ3n) is 1.65. The van der Waals surface area contributed by atoms with Crippen molar-refractivity contribution in [2.45, 2.75) is 6.42 Å². The van der Waals surface area contributed by atoms with Crippen molar-refractivity contribution in [2.24, 2.45) is 0 Å². The predicted molar refractivity (Wildman–Crippen MR) is 49.8 cm³/mol. The molecule has 0 saturated heterocycles. The van der Waals surface area contributed by atoms with Crippen molar-refractivity contribution in [1.82, 2.24) is 0 Å². The Bertz CT molecular complexity index is 401. The lowest BCUT2D eigenvalue weighted by molar-refractivity contribution is 0.627. The highest BCUT2D eigenvalue weighted by Gasteiger charge is 2.01. The number of nitrogens with zero attached hydrogens (tertiary/aromatic N) is 2. The van der Waals surface area contributed by atoms with Crippen LogP contribution in [0.3, 0.4) is 0 Å². The molecule has 0 aliphatic rings. The Hall–Kier alpha value is -2.07. The summed E-state index contributed by atoms with van der Waals surface area (Å²) >= 11 is 0. The minimum absolute atomic E-state index is 0.253. The van der Waals surface area contributed by atoms with Crippen LogP contribution >= 0.6 is 0 Å². The second-order valence-electron chi connectivity index (χ2n) is 2.64. The van der Waals surface area contributed by atoms with Crippen LogP contribution in [0.1, 0.15) is 12.0 Å². The van der Waals surface area contributed by atoms with Gasteiger partial charge in [-0.05, 0) is 18.2 Å². The summed E-state index contributed by atoms with van der Waals surface area (Å²) in [5.41, 5.74) is 0.812. The number of hydrogen-bond donors (Lipinski definition) is 1. The Labute approximate surface area is 81.4 Å². The molecule has 0 saturated carbocycles. The van der Waals surface area contributed by atoms with Crippen LogP contribution in [0.15, 0.2) is 18.2 Å². The van der Waals surface area contributed by atoms with Crippen molar-refractivity contribution in [3.05, 3.63) is 29.6 Å². The van der Waals surface area contributed by atoms with Crippen molar-refractivity contribution < 1.29 is 4.39 Å². The molecule has 0 spiro atoms. The third kappa shape index (κ3) is 2.46. The fraction of sp³-hybridized carbons (Fsp3) is 0.200. The summed E-state index contributed by atoms with van der Waals surface area (Å²) in [5, 5.41) is 19.9. The van der Waals surface area contributed by atoms with E-state index in [1.165, 1.54) is 12.1 Å². The first-order chi connectivity index (χ1) is 6.77. The first-order valence-electron chi connectivity index (χ1n) is 4.08. The van der Waals surface area contributed by atoms with Gasteiger partial charge in [-0.15, -0.1) is 0 Å². The minimum Gasteiger partial charge on any atom is -0.383 e. The van der Waals surface area contributed by atoms with Gasteiger partial charge in [0.15, 0.2) is 0 Å². The van der Waals surface area contributed by atoms with Crippen molar-refractivity contribution >= 4 is 5.69 Å². The fourth-order valence-corrected chi connectivity index (χ4v) is 1.02. The van der Waals surface area contributed by atoms with Gasteiger partial charge >= 0.3 is 0 Å². The first kappa shape index (κ1) is 10.0. The summed E-state index contributed by atoms with van der Waals surface area (Å²) in [5.74, 6) is -0.438. The Balaban J connectivity index is 2.78. The van der Waals surface area contributed by atoms with Crippen LogP contribution in [0.5, 0.6) is 0 Å². The molecule has 70 valence electrons. The van der Waals surface area contributed by atoms with Crippen LogP contribution < -0.4 is 5.32 Å². The summed E-state index contributed by atoms with van der Waals surface area (Å²) in [6, 6.07) is 7.77. The van der Waals surface area contributed by atoms with Gasteiger partial charge in [-0.2, -0.15) is 10.5 Å². The second-order valence-corrected chi connectivity index (χ2v) is 2.64. The lowest BCUT2D eigenvalue weighted by atomic mass is 10.2. The van der Waals surface area contributed by atoms with E-state index in [0.29, 0.717) is 18.7 Å². The van der Waals surface area contributed by atoms with Gasteiger partial charge in [0, 0.05) is 6.54 Å². The van der Waals surface area contributed by atoms with Gasteiger partial charge in [0.1, 0.15) is 11.9 Å². The summed E-state index contributed by atoms with van der Waals surface area (Å²) in [7, 11) is 0. The van der Waals surface area contributed by atoms with Crippen molar-refractivity contribution in [3.8, 4) is 12.1 Å². The standard InChI is InChI=1S/C10H8FN3/c11-9-2-3-10(8(6-9)7-13)14-5-1-4-12/h2-3,6,14H,1,5H2. The Morgan fingerprint density at radius 2 is 2.14 bits per heavy atom. The molecule has 0 bridgehead atoms. The van der Waals surface area contributed by atoms with E-state index in [4.69, 9.17) is 10.5 Å². The van der Waals surface area contributed by atoms with Crippen molar-refractivity contribution in [2.75, 3.05) is 11.9 Å². The molecule has 0 fully saturated rings. The highest BCUT2D eigenvalue weighted by atomic mass is 19.1. The summed E-state index contributed by atoms with van der Waals surface area (Å²) in [6.45, 7) is 0.455. The number of nitriles is 2. The lowest BCUT2D eigenvalue weighted by Crippen LogP contribution is -2.02. The molecule has 0 aromatic heterocycles. The number of halogens is 1. The minimum atomic E-state index is -0.438. The molecular formula is C10H8FN3. The molecule has 0 aliphatic carbocycles. The van der Waals surface area contributed by atoms with E-state index in [-0.39, 0.29) is 5.56 Å². The Morgan fingerprint density at radius 3 is 2.79 bits per heavy atom. The number of anilines is 1. The van der Waals surface area contributed by atoms with Crippen LogP contribution in [0, 0.1) is 28.5 Å². The highest BCUT2D eigenvalue weighted by molar-refractivity contribution is 5.57. The molecule has 4 heteroatoms. The van der Waals surface area contributed by atoms with Gasteiger partial charge < -0.3 is 5.32 Å². The van der Waals surface area contributed by atoms with E-state index in [1.807, 2.05) is 12.1 Å². The molecule has 1 N–H and O–H groups in total. The Morgan fingerprint density at radius 1 is 1.36 bits per heavy atom. The van der Waals surface area contributed by atoms with Gasteiger partial charge in [-0.3, -0.25) is 0 Å². The SMILES string of the molecule is N#CCCNc1ccc(F)cc1C#N. The maximum atomic E-state index is 12.7. The van der Waals surface area contributed by atoms with Gasteiger partial charge in [0.05, 0.1) is 23.7 Å². The smallest absolute Gasteiger partial charge is 0.124 e. The summed E-state index contributed by atoms with van der Waals surface area (Å²) < 4.78 is 12.7. The summed E-state index contributed by atoms with van der Waals surface area (Å²) in [6.07, 6.45) is 0.349. The number of benzene rings is 1.